The van der Waals surface area contributed by atoms with Crippen LogP contribution >= 0.6 is 12.2 Å². The zero-order chi connectivity index (χ0) is 15.2. The number of hydrogen-bond donors (Lipinski definition) is 1. The van der Waals surface area contributed by atoms with E-state index in [0.717, 1.165) is 30.7 Å². The average Bonchev–Trinajstić information content (AvgIpc) is 3.20. The van der Waals surface area contributed by atoms with E-state index in [0.29, 0.717) is 6.07 Å². The number of benzene rings is 1. The number of rotatable bonds is 2. The van der Waals surface area contributed by atoms with E-state index >= 15 is 0 Å². The van der Waals surface area contributed by atoms with Gasteiger partial charge in [0.1, 0.15) is 16.3 Å². The van der Waals surface area contributed by atoms with Gasteiger partial charge in [0.25, 0.3) is 0 Å². The predicted octanol–water partition coefficient (Wildman–Crippen LogP) is 4.84. The summed E-state index contributed by atoms with van der Waals surface area (Å²) in [7, 11) is 0. The lowest BCUT2D eigenvalue weighted by atomic mass is 10.1. The Balaban J connectivity index is 2.20. The second-order valence-corrected chi connectivity index (χ2v) is 5.40. The molecule has 0 atom stereocenters. The molecular weight excluding hydrogens is 304 g/mol. The second kappa shape index (κ2) is 4.91. The Morgan fingerprint density at radius 1 is 1.19 bits per heavy atom. The van der Waals surface area contributed by atoms with Crippen LogP contribution in [0.5, 0.6) is 0 Å². The first-order valence-electron chi connectivity index (χ1n) is 6.33. The molecule has 0 aliphatic heterocycles. The minimum absolute atomic E-state index is 0.0452. The zero-order valence-electron chi connectivity index (χ0n) is 10.7. The molecule has 3 rings (SSSR count). The van der Waals surface area contributed by atoms with E-state index in [1.807, 2.05) is 0 Å². The topological polar surface area (TPSA) is 28.7 Å². The van der Waals surface area contributed by atoms with Crippen molar-refractivity contribution in [3.05, 3.63) is 46.0 Å². The van der Waals surface area contributed by atoms with Crippen LogP contribution in [0.15, 0.2) is 24.3 Å². The average molecular weight is 314 g/mol. The summed E-state index contributed by atoms with van der Waals surface area (Å²) in [5.41, 5.74) is -0.506. The molecule has 1 fully saturated rings. The molecule has 1 aromatic heterocycles. The van der Waals surface area contributed by atoms with Crippen LogP contribution in [0.3, 0.4) is 0 Å². The van der Waals surface area contributed by atoms with Crippen molar-refractivity contribution in [2.75, 3.05) is 0 Å². The van der Waals surface area contributed by atoms with Crippen LogP contribution in [-0.4, -0.2) is 9.97 Å². The molecule has 110 valence electrons. The second-order valence-electron chi connectivity index (χ2n) is 4.99. The fraction of sp³-hybridized carbons (Fsp3) is 0.286. The number of halogens is 4. The normalized spacial score (nSPS) is 15.2. The summed E-state index contributed by atoms with van der Waals surface area (Å²) in [6.45, 7) is 0. The number of hydrogen-bond acceptors (Lipinski definition) is 2. The van der Waals surface area contributed by atoms with Gasteiger partial charge in [-0.05, 0) is 43.0 Å². The van der Waals surface area contributed by atoms with Crippen LogP contribution in [-0.2, 0) is 6.18 Å². The van der Waals surface area contributed by atoms with E-state index in [-0.39, 0.29) is 21.9 Å². The number of nitrogens with zero attached hydrogens (tertiary/aromatic N) is 1. The minimum Gasteiger partial charge on any atom is -0.343 e. The number of nitrogens with one attached hydrogen (secondary N) is 1. The first-order valence-corrected chi connectivity index (χ1v) is 6.74. The lowest BCUT2D eigenvalue weighted by Gasteiger charge is -2.13. The highest BCUT2D eigenvalue weighted by Gasteiger charge is 2.35. The monoisotopic (exact) mass is 314 g/mol. The van der Waals surface area contributed by atoms with Gasteiger partial charge in [0, 0.05) is 11.3 Å². The summed E-state index contributed by atoms with van der Waals surface area (Å²) >= 11 is 5.00. The maximum absolute atomic E-state index is 13.4. The molecule has 7 heteroatoms. The Hall–Kier alpha value is -1.76. The lowest BCUT2D eigenvalue weighted by molar-refractivity contribution is -0.137. The molecule has 0 unspecified atom stereocenters. The molecule has 1 N–H and O–H groups in total. The van der Waals surface area contributed by atoms with Crippen molar-refractivity contribution in [1.29, 1.82) is 0 Å². The van der Waals surface area contributed by atoms with E-state index in [9.17, 15) is 17.6 Å². The third-order valence-corrected chi connectivity index (χ3v) is 3.53. The minimum atomic E-state index is -4.59. The highest BCUT2D eigenvalue weighted by Crippen LogP contribution is 2.40. The third-order valence-electron chi connectivity index (χ3n) is 3.32. The Morgan fingerprint density at radius 3 is 2.52 bits per heavy atom. The fourth-order valence-corrected chi connectivity index (χ4v) is 2.40. The van der Waals surface area contributed by atoms with Crippen molar-refractivity contribution in [1.82, 2.24) is 9.97 Å². The summed E-state index contributed by atoms with van der Waals surface area (Å²) in [6.07, 6.45) is -2.66. The van der Waals surface area contributed by atoms with Gasteiger partial charge in [-0.15, -0.1) is 0 Å². The summed E-state index contributed by atoms with van der Waals surface area (Å²) in [5, 5.41) is 0. The standard InChI is InChI=1S/C14H10F4N2S/c15-8-3-4-10(14(16,17)18)9(5-8)13-19-11(7-1-2-7)6-12(21)20-13/h3-7H,1-2H2,(H,19,20,21). The van der Waals surface area contributed by atoms with Crippen LogP contribution in [0, 0.1) is 10.5 Å². The summed E-state index contributed by atoms with van der Waals surface area (Å²) in [4.78, 5) is 6.78. The molecule has 0 saturated heterocycles. The molecule has 0 amide bonds. The van der Waals surface area contributed by atoms with Crippen LogP contribution in [0.4, 0.5) is 17.6 Å². The van der Waals surface area contributed by atoms with Crippen molar-refractivity contribution in [3.63, 3.8) is 0 Å². The number of aromatic amines is 1. The van der Waals surface area contributed by atoms with E-state index < -0.39 is 17.6 Å². The quantitative estimate of drug-likeness (QED) is 0.634. The Kier molecular flexibility index (Phi) is 3.32. The van der Waals surface area contributed by atoms with Crippen LogP contribution in [0.2, 0.25) is 0 Å². The molecule has 2 nitrogen and oxygen atoms in total. The van der Waals surface area contributed by atoms with E-state index in [4.69, 9.17) is 12.2 Å². The largest absolute Gasteiger partial charge is 0.417 e. The molecule has 1 saturated carbocycles. The first-order chi connectivity index (χ1) is 9.84. The molecule has 21 heavy (non-hydrogen) atoms. The number of H-pyrrole nitrogens is 1. The molecule has 0 spiro atoms. The summed E-state index contributed by atoms with van der Waals surface area (Å²) in [6, 6.07) is 3.97. The highest BCUT2D eigenvalue weighted by atomic mass is 32.1. The van der Waals surface area contributed by atoms with Crippen molar-refractivity contribution in [2.45, 2.75) is 24.9 Å². The van der Waals surface area contributed by atoms with Crippen LogP contribution in [0.25, 0.3) is 11.4 Å². The zero-order valence-corrected chi connectivity index (χ0v) is 11.5. The highest BCUT2D eigenvalue weighted by molar-refractivity contribution is 7.71. The number of aromatic nitrogens is 2. The van der Waals surface area contributed by atoms with Gasteiger partial charge >= 0.3 is 6.18 Å². The predicted molar refractivity (Wildman–Crippen MR) is 71.8 cm³/mol. The van der Waals surface area contributed by atoms with Crippen molar-refractivity contribution >= 4 is 12.2 Å². The van der Waals surface area contributed by atoms with Gasteiger partial charge in [-0.1, -0.05) is 12.2 Å². The molecule has 1 aliphatic rings. The van der Waals surface area contributed by atoms with Crippen LogP contribution < -0.4 is 0 Å². The lowest BCUT2D eigenvalue weighted by Crippen LogP contribution is -2.09. The van der Waals surface area contributed by atoms with Gasteiger partial charge in [0.15, 0.2) is 0 Å². The van der Waals surface area contributed by atoms with Gasteiger partial charge in [0.05, 0.1) is 5.56 Å². The fourth-order valence-electron chi connectivity index (χ4n) is 2.18. The van der Waals surface area contributed by atoms with Crippen molar-refractivity contribution in [2.24, 2.45) is 0 Å². The van der Waals surface area contributed by atoms with E-state index in [1.165, 1.54) is 0 Å². The molecule has 0 bridgehead atoms. The maximum Gasteiger partial charge on any atom is 0.417 e. The van der Waals surface area contributed by atoms with E-state index in [2.05, 4.69) is 9.97 Å². The van der Waals surface area contributed by atoms with Gasteiger partial charge in [0.2, 0.25) is 0 Å². The summed E-state index contributed by atoms with van der Waals surface area (Å²) in [5.74, 6) is -0.525. The smallest absolute Gasteiger partial charge is 0.343 e. The van der Waals surface area contributed by atoms with Gasteiger partial charge < -0.3 is 4.98 Å². The Morgan fingerprint density at radius 2 is 1.90 bits per heavy atom. The van der Waals surface area contributed by atoms with Gasteiger partial charge in [-0.25, -0.2) is 9.37 Å². The molecule has 1 aromatic carbocycles. The molecular formula is C14H10F4N2S. The Bertz CT molecular complexity index is 747. The molecule has 1 heterocycles. The number of alkyl halides is 3. The van der Waals surface area contributed by atoms with Gasteiger partial charge in [-0.3, -0.25) is 0 Å². The molecule has 1 aliphatic carbocycles. The summed E-state index contributed by atoms with van der Waals surface area (Å²) < 4.78 is 52.7. The first kappa shape index (κ1) is 14.2. The molecule has 2 aromatic rings. The van der Waals surface area contributed by atoms with E-state index in [1.54, 1.807) is 6.07 Å². The SMILES string of the molecule is Fc1ccc(C(F)(F)F)c(-c2nc(=S)cc(C3CC3)[nH]2)c1. The van der Waals surface area contributed by atoms with Crippen molar-refractivity contribution < 1.29 is 17.6 Å². The van der Waals surface area contributed by atoms with Gasteiger partial charge in [-0.2, -0.15) is 13.2 Å². The van der Waals surface area contributed by atoms with Crippen molar-refractivity contribution in [3.8, 4) is 11.4 Å². The maximum atomic E-state index is 13.4. The Labute approximate surface area is 122 Å². The molecule has 0 radical (unpaired) electrons. The van der Waals surface area contributed by atoms with Crippen LogP contribution in [0.1, 0.15) is 30.0 Å². The third kappa shape index (κ3) is 2.97.